The summed E-state index contributed by atoms with van der Waals surface area (Å²) < 4.78 is 5.78. The highest BCUT2D eigenvalue weighted by molar-refractivity contribution is 9.18. The Kier molecular flexibility index (Phi) is 3.40. The predicted octanol–water partition coefficient (Wildman–Crippen LogP) is 4.10. The molecule has 0 aromatic heterocycles. The number of para-hydroxylation sites is 1. The van der Waals surface area contributed by atoms with Gasteiger partial charge in [-0.25, -0.2) is 4.99 Å². The van der Waals surface area contributed by atoms with Gasteiger partial charge in [0, 0.05) is 5.56 Å². The molecule has 0 N–H and O–H groups in total. The molecule has 1 heterocycles. The van der Waals surface area contributed by atoms with Crippen molar-refractivity contribution in [3.63, 3.8) is 0 Å². The van der Waals surface area contributed by atoms with E-state index in [0.29, 0.717) is 15.9 Å². The third kappa shape index (κ3) is 2.16. The Morgan fingerprint density at radius 3 is 2.50 bits per heavy atom. The highest BCUT2D eigenvalue weighted by atomic mass is 79.9. The molecule has 0 fully saturated rings. The SMILES string of the molecule is COc1ccc(C2C(=O)c3ccccc3N=C2Br)cc1. The summed E-state index contributed by atoms with van der Waals surface area (Å²) in [6.07, 6.45) is 0. The van der Waals surface area contributed by atoms with Crippen LogP contribution in [0.25, 0.3) is 0 Å². The number of ether oxygens (including phenoxy) is 1. The van der Waals surface area contributed by atoms with Gasteiger partial charge in [-0.15, -0.1) is 0 Å². The molecular formula is C16H12BrNO2. The van der Waals surface area contributed by atoms with Crippen molar-refractivity contribution in [1.29, 1.82) is 0 Å². The lowest BCUT2D eigenvalue weighted by atomic mass is 9.89. The molecule has 0 aliphatic carbocycles. The van der Waals surface area contributed by atoms with Crippen LogP contribution in [-0.4, -0.2) is 17.5 Å². The molecule has 100 valence electrons. The second-order valence-corrected chi connectivity index (χ2v) is 5.33. The number of nitrogens with zero attached hydrogens (tertiary/aromatic N) is 1. The summed E-state index contributed by atoms with van der Waals surface area (Å²) in [5, 5.41) is 0. The van der Waals surface area contributed by atoms with E-state index in [-0.39, 0.29) is 11.7 Å². The van der Waals surface area contributed by atoms with Crippen molar-refractivity contribution in [2.45, 2.75) is 5.92 Å². The van der Waals surface area contributed by atoms with Crippen LogP contribution in [0, 0.1) is 0 Å². The number of aliphatic imine (C=N–C) groups is 1. The van der Waals surface area contributed by atoms with Crippen molar-refractivity contribution in [3.05, 3.63) is 59.7 Å². The summed E-state index contributed by atoms with van der Waals surface area (Å²) in [6, 6.07) is 14.9. The van der Waals surface area contributed by atoms with Crippen molar-refractivity contribution in [1.82, 2.24) is 0 Å². The number of carbonyl (C=O) groups excluding carboxylic acids is 1. The Bertz CT molecular complexity index is 692. The zero-order valence-corrected chi connectivity index (χ0v) is 12.4. The van der Waals surface area contributed by atoms with Crippen molar-refractivity contribution in [2.24, 2.45) is 4.99 Å². The van der Waals surface area contributed by atoms with Crippen LogP contribution < -0.4 is 4.74 Å². The van der Waals surface area contributed by atoms with Crippen LogP contribution in [-0.2, 0) is 0 Å². The van der Waals surface area contributed by atoms with Gasteiger partial charge in [0.05, 0.1) is 23.3 Å². The van der Waals surface area contributed by atoms with Gasteiger partial charge in [-0.1, -0.05) is 24.3 Å². The smallest absolute Gasteiger partial charge is 0.179 e. The Labute approximate surface area is 125 Å². The number of ketones is 1. The lowest BCUT2D eigenvalue weighted by Gasteiger charge is -2.21. The summed E-state index contributed by atoms with van der Waals surface area (Å²) in [7, 11) is 1.62. The number of methoxy groups -OCH3 is 1. The number of benzene rings is 2. The van der Waals surface area contributed by atoms with Gasteiger partial charge in [0.25, 0.3) is 0 Å². The fourth-order valence-corrected chi connectivity index (χ4v) is 2.97. The quantitative estimate of drug-likeness (QED) is 0.831. The van der Waals surface area contributed by atoms with Crippen LogP contribution in [0.1, 0.15) is 21.8 Å². The standard InChI is InChI=1S/C16H12BrNO2/c1-20-11-8-6-10(7-9-11)14-15(19)12-4-2-3-5-13(12)18-16(14)17/h2-9,14H,1H3. The largest absolute Gasteiger partial charge is 0.497 e. The minimum absolute atomic E-state index is 0.0626. The Morgan fingerprint density at radius 2 is 1.80 bits per heavy atom. The van der Waals surface area contributed by atoms with Gasteiger partial charge in [-0.3, -0.25) is 4.79 Å². The Morgan fingerprint density at radius 1 is 1.10 bits per heavy atom. The number of hydrogen-bond acceptors (Lipinski definition) is 3. The summed E-state index contributed by atoms with van der Waals surface area (Å²) in [5.41, 5.74) is 2.28. The van der Waals surface area contributed by atoms with E-state index >= 15 is 0 Å². The third-order valence-electron chi connectivity index (χ3n) is 3.35. The minimum atomic E-state index is -0.379. The van der Waals surface area contributed by atoms with E-state index in [1.54, 1.807) is 7.11 Å². The number of carbonyl (C=O) groups is 1. The molecule has 0 saturated heterocycles. The van der Waals surface area contributed by atoms with Crippen LogP contribution >= 0.6 is 15.9 Å². The fourth-order valence-electron chi connectivity index (χ4n) is 2.31. The molecule has 1 aliphatic heterocycles. The monoisotopic (exact) mass is 329 g/mol. The van der Waals surface area contributed by atoms with E-state index in [1.165, 1.54) is 0 Å². The third-order valence-corrected chi connectivity index (χ3v) is 3.98. The molecular weight excluding hydrogens is 318 g/mol. The molecule has 2 aromatic carbocycles. The Balaban J connectivity index is 2.05. The molecule has 0 spiro atoms. The summed E-state index contributed by atoms with van der Waals surface area (Å²) >= 11 is 3.44. The van der Waals surface area contributed by atoms with E-state index < -0.39 is 0 Å². The lowest BCUT2D eigenvalue weighted by Crippen LogP contribution is -2.21. The Hall–Kier alpha value is -1.94. The maximum atomic E-state index is 12.6. The number of hydrogen-bond donors (Lipinski definition) is 0. The lowest BCUT2D eigenvalue weighted by molar-refractivity contribution is 0.0982. The predicted molar refractivity (Wildman–Crippen MR) is 82.5 cm³/mol. The number of Topliss-reactive ketones (excluding diaryl/α,β-unsaturated/α-hetero) is 1. The highest BCUT2D eigenvalue weighted by Crippen LogP contribution is 2.36. The molecule has 1 atom stereocenters. The molecule has 2 aromatic rings. The van der Waals surface area contributed by atoms with Crippen LogP contribution in [0.2, 0.25) is 0 Å². The van der Waals surface area contributed by atoms with Gasteiger partial charge in [-0.05, 0) is 45.8 Å². The zero-order valence-electron chi connectivity index (χ0n) is 10.8. The molecule has 4 heteroatoms. The summed E-state index contributed by atoms with van der Waals surface area (Å²) in [4.78, 5) is 17.1. The van der Waals surface area contributed by atoms with Crippen LogP contribution in [0.4, 0.5) is 5.69 Å². The van der Waals surface area contributed by atoms with E-state index in [0.717, 1.165) is 11.3 Å². The molecule has 0 amide bonds. The van der Waals surface area contributed by atoms with Gasteiger partial charge in [0.15, 0.2) is 5.78 Å². The number of halogens is 1. The molecule has 0 bridgehead atoms. The molecule has 20 heavy (non-hydrogen) atoms. The molecule has 3 rings (SSSR count). The first-order valence-electron chi connectivity index (χ1n) is 6.22. The molecule has 1 unspecified atom stereocenters. The molecule has 1 aliphatic rings. The zero-order chi connectivity index (χ0) is 14.1. The normalized spacial score (nSPS) is 17.4. The molecule has 0 saturated carbocycles. The molecule has 3 nitrogen and oxygen atoms in total. The summed E-state index contributed by atoms with van der Waals surface area (Å²) in [6.45, 7) is 0. The second-order valence-electron chi connectivity index (χ2n) is 4.52. The maximum absolute atomic E-state index is 12.6. The van der Waals surface area contributed by atoms with Gasteiger partial charge in [0.2, 0.25) is 0 Å². The van der Waals surface area contributed by atoms with Crippen molar-refractivity contribution >= 4 is 32.0 Å². The van der Waals surface area contributed by atoms with E-state index in [2.05, 4.69) is 20.9 Å². The van der Waals surface area contributed by atoms with E-state index in [1.807, 2.05) is 48.5 Å². The summed E-state index contributed by atoms with van der Waals surface area (Å²) in [5.74, 6) is 0.453. The average molecular weight is 330 g/mol. The van der Waals surface area contributed by atoms with Crippen LogP contribution in [0.3, 0.4) is 0 Å². The minimum Gasteiger partial charge on any atom is -0.497 e. The van der Waals surface area contributed by atoms with Crippen molar-refractivity contribution in [3.8, 4) is 5.75 Å². The van der Waals surface area contributed by atoms with Gasteiger partial charge < -0.3 is 4.74 Å². The first-order chi connectivity index (χ1) is 9.70. The maximum Gasteiger partial charge on any atom is 0.179 e. The topological polar surface area (TPSA) is 38.7 Å². The number of rotatable bonds is 2. The average Bonchev–Trinajstić information content (AvgIpc) is 2.48. The van der Waals surface area contributed by atoms with E-state index in [4.69, 9.17) is 4.74 Å². The van der Waals surface area contributed by atoms with Gasteiger partial charge in [0.1, 0.15) is 5.75 Å². The first kappa shape index (κ1) is 13.1. The number of fused-ring (bicyclic) bond motifs is 1. The fraction of sp³-hybridized carbons (Fsp3) is 0.125. The van der Waals surface area contributed by atoms with E-state index in [9.17, 15) is 4.79 Å². The first-order valence-corrected chi connectivity index (χ1v) is 7.01. The highest BCUT2D eigenvalue weighted by Gasteiger charge is 2.31. The second kappa shape index (κ2) is 5.21. The molecule has 0 radical (unpaired) electrons. The van der Waals surface area contributed by atoms with Crippen molar-refractivity contribution < 1.29 is 9.53 Å². The van der Waals surface area contributed by atoms with Gasteiger partial charge in [-0.2, -0.15) is 0 Å². The van der Waals surface area contributed by atoms with Gasteiger partial charge >= 0.3 is 0 Å². The van der Waals surface area contributed by atoms with Crippen LogP contribution in [0.5, 0.6) is 5.75 Å². The van der Waals surface area contributed by atoms with Crippen LogP contribution in [0.15, 0.2) is 53.5 Å². The van der Waals surface area contributed by atoms with Crippen molar-refractivity contribution in [2.75, 3.05) is 7.11 Å².